The summed E-state index contributed by atoms with van der Waals surface area (Å²) >= 11 is 1.54. The van der Waals surface area contributed by atoms with Crippen molar-refractivity contribution in [3.63, 3.8) is 0 Å². The van der Waals surface area contributed by atoms with Crippen molar-refractivity contribution in [2.45, 2.75) is 59.2 Å². The van der Waals surface area contributed by atoms with Crippen LogP contribution in [0, 0.1) is 12.8 Å². The van der Waals surface area contributed by atoms with Crippen LogP contribution in [0.3, 0.4) is 0 Å². The predicted molar refractivity (Wildman–Crippen MR) is 83.0 cm³/mol. The first-order valence-electron chi connectivity index (χ1n) is 7.41. The van der Waals surface area contributed by atoms with E-state index in [1.165, 1.54) is 11.3 Å². The van der Waals surface area contributed by atoms with Gasteiger partial charge in [-0.1, -0.05) is 20.3 Å². The van der Waals surface area contributed by atoms with Crippen molar-refractivity contribution in [3.05, 3.63) is 16.1 Å². The van der Waals surface area contributed by atoms with Crippen molar-refractivity contribution < 1.29 is 9.59 Å². The first-order chi connectivity index (χ1) is 9.86. The molecule has 0 bridgehead atoms. The van der Waals surface area contributed by atoms with Gasteiger partial charge in [0.25, 0.3) is 0 Å². The molecule has 2 heterocycles. The maximum Gasteiger partial charge on any atom is 0.246 e. The summed E-state index contributed by atoms with van der Waals surface area (Å²) < 4.78 is 0. The second kappa shape index (κ2) is 6.13. The molecule has 0 saturated carbocycles. The summed E-state index contributed by atoms with van der Waals surface area (Å²) in [6, 6.07) is -1.07. The van der Waals surface area contributed by atoms with E-state index < -0.39 is 12.1 Å². The average Bonchev–Trinajstić information content (AvgIpc) is 2.88. The maximum absolute atomic E-state index is 12.8. The van der Waals surface area contributed by atoms with Gasteiger partial charge in [0.1, 0.15) is 17.1 Å². The maximum atomic E-state index is 12.8. The van der Waals surface area contributed by atoms with Gasteiger partial charge < -0.3 is 10.2 Å². The third kappa shape index (κ3) is 2.95. The number of nitrogens with one attached hydrogen (secondary N) is 1. The number of rotatable bonds is 4. The van der Waals surface area contributed by atoms with E-state index in [1.807, 2.05) is 33.1 Å². The summed E-state index contributed by atoms with van der Waals surface area (Å²) in [7, 11) is 0. The quantitative estimate of drug-likeness (QED) is 0.928. The second-order valence-corrected chi connectivity index (χ2v) is 6.69. The first-order valence-corrected chi connectivity index (χ1v) is 8.29. The lowest BCUT2D eigenvalue weighted by Crippen LogP contribution is -2.64. The summed E-state index contributed by atoms with van der Waals surface area (Å²) in [6.45, 7) is 9.67. The molecular weight excluding hydrogens is 286 g/mol. The second-order valence-electron chi connectivity index (χ2n) is 5.80. The molecule has 4 unspecified atom stereocenters. The van der Waals surface area contributed by atoms with Crippen molar-refractivity contribution in [1.29, 1.82) is 0 Å². The lowest BCUT2D eigenvalue weighted by molar-refractivity contribution is -0.152. The highest BCUT2D eigenvalue weighted by Gasteiger charge is 2.42. The molecule has 116 valence electrons. The Kier molecular flexibility index (Phi) is 4.66. The van der Waals surface area contributed by atoms with E-state index in [2.05, 4.69) is 10.3 Å². The standard InChI is InChI=1S/C15H23N3O2S/c1-6-8(2)12-15(20)18(10(4)13(19)17-12)11(5)14-16-9(3)7-21-14/h7-8,10-12H,6H2,1-5H3,(H,17,19). The number of nitrogens with zero attached hydrogens (tertiary/aromatic N) is 2. The van der Waals surface area contributed by atoms with E-state index >= 15 is 0 Å². The largest absolute Gasteiger partial charge is 0.342 e. The highest BCUT2D eigenvalue weighted by molar-refractivity contribution is 7.09. The minimum atomic E-state index is -0.461. The highest BCUT2D eigenvalue weighted by Crippen LogP contribution is 2.29. The van der Waals surface area contributed by atoms with E-state index in [1.54, 1.807) is 11.8 Å². The normalized spacial score (nSPS) is 25.7. The van der Waals surface area contributed by atoms with Gasteiger partial charge in [-0.3, -0.25) is 9.59 Å². The predicted octanol–water partition coefficient (Wildman–Crippen LogP) is 2.27. The lowest BCUT2D eigenvalue weighted by atomic mass is 9.93. The third-order valence-electron chi connectivity index (χ3n) is 4.24. The molecule has 2 amide bonds. The molecule has 0 aliphatic carbocycles. The van der Waals surface area contributed by atoms with Gasteiger partial charge in [-0.15, -0.1) is 11.3 Å². The van der Waals surface area contributed by atoms with Gasteiger partial charge in [0.05, 0.1) is 6.04 Å². The SMILES string of the molecule is CCC(C)C1NC(=O)C(C)N(C(C)c2nc(C)cs2)C1=O. The fourth-order valence-corrected chi connectivity index (χ4v) is 3.50. The summed E-state index contributed by atoms with van der Waals surface area (Å²) in [5, 5.41) is 5.71. The fourth-order valence-electron chi connectivity index (χ4n) is 2.64. The topological polar surface area (TPSA) is 62.3 Å². The van der Waals surface area contributed by atoms with E-state index in [0.29, 0.717) is 0 Å². The number of aryl methyl sites for hydroxylation is 1. The van der Waals surface area contributed by atoms with Gasteiger partial charge in [0.2, 0.25) is 11.8 Å². The number of carbonyl (C=O) groups excluding carboxylic acids is 2. The number of amides is 2. The molecule has 0 spiro atoms. The van der Waals surface area contributed by atoms with Crippen LogP contribution in [-0.4, -0.2) is 33.8 Å². The van der Waals surface area contributed by atoms with Crippen LogP contribution in [0.15, 0.2) is 5.38 Å². The van der Waals surface area contributed by atoms with Gasteiger partial charge in [-0.2, -0.15) is 0 Å². The lowest BCUT2D eigenvalue weighted by Gasteiger charge is -2.41. The Morgan fingerprint density at radius 1 is 1.43 bits per heavy atom. The molecule has 1 fully saturated rings. The Bertz CT molecular complexity index is 543. The number of thiazole rings is 1. The van der Waals surface area contributed by atoms with Crippen LogP contribution in [0.2, 0.25) is 0 Å². The number of hydrogen-bond acceptors (Lipinski definition) is 4. The van der Waals surface area contributed by atoms with Crippen LogP contribution in [0.4, 0.5) is 0 Å². The van der Waals surface area contributed by atoms with Crippen LogP contribution in [0.25, 0.3) is 0 Å². The molecule has 0 aromatic carbocycles. The zero-order valence-electron chi connectivity index (χ0n) is 13.2. The number of piperazine rings is 1. The molecule has 2 rings (SSSR count). The molecule has 1 saturated heterocycles. The average molecular weight is 309 g/mol. The fraction of sp³-hybridized carbons (Fsp3) is 0.667. The van der Waals surface area contributed by atoms with E-state index in [4.69, 9.17) is 0 Å². The van der Waals surface area contributed by atoms with Crippen LogP contribution >= 0.6 is 11.3 Å². The number of aromatic nitrogens is 1. The molecule has 4 atom stereocenters. The highest BCUT2D eigenvalue weighted by atomic mass is 32.1. The van der Waals surface area contributed by atoms with E-state index in [-0.39, 0.29) is 23.8 Å². The van der Waals surface area contributed by atoms with Crippen LogP contribution in [0.1, 0.15) is 50.9 Å². The molecule has 0 radical (unpaired) electrons. The summed E-state index contributed by atoms with van der Waals surface area (Å²) in [5.41, 5.74) is 0.946. The molecule has 1 aliphatic heterocycles. The Morgan fingerprint density at radius 3 is 2.62 bits per heavy atom. The van der Waals surface area contributed by atoms with Crippen molar-refractivity contribution in [3.8, 4) is 0 Å². The van der Waals surface area contributed by atoms with Crippen molar-refractivity contribution >= 4 is 23.2 Å². The third-order valence-corrected chi connectivity index (χ3v) is 5.37. The smallest absolute Gasteiger partial charge is 0.246 e. The molecule has 1 aliphatic rings. The Hall–Kier alpha value is -1.43. The van der Waals surface area contributed by atoms with Crippen molar-refractivity contribution in [1.82, 2.24) is 15.2 Å². The van der Waals surface area contributed by atoms with E-state index in [0.717, 1.165) is 17.1 Å². The van der Waals surface area contributed by atoms with Crippen molar-refractivity contribution in [2.24, 2.45) is 5.92 Å². The molecular formula is C15H23N3O2S. The molecule has 21 heavy (non-hydrogen) atoms. The van der Waals surface area contributed by atoms with Crippen molar-refractivity contribution in [2.75, 3.05) is 0 Å². The summed E-state index contributed by atoms with van der Waals surface area (Å²) in [5.74, 6) is 0.0403. The zero-order chi connectivity index (χ0) is 15.7. The molecule has 1 N–H and O–H groups in total. The Labute approximate surface area is 129 Å². The minimum absolute atomic E-state index is 0.00296. The number of hydrogen-bond donors (Lipinski definition) is 1. The monoisotopic (exact) mass is 309 g/mol. The summed E-state index contributed by atoms with van der Waals surface area (Å²) in [4.78, 5) is 31.1. The summed E-state index contributed by atoms with van der Waals surface area (Å²) in [6.07, 6.45) is 0.851. The van der Waals surface area contributed by atoms with E-state index in [9.17, 15) is 9.59 Å². The van der Waals surface area contributed by atoms with Gasteiger partial charge in [0, 0.05) is 11.1 Å². The Morgan fingerprint density at radius 2 is 2.10 bits per heavy atom. The number of carbonyl (C=O) groups is 2. The van der Waals surface area contributed by atoms with Gasteiger partial charge in [-0.05, 0) is 26.7 Å². The molecule has 6 heteroatoms. The minimum Gasteiger partial charge on any atom is -0.342 e. The van der Waals surface area contributed by atoms with Crippen LogP contribution in [-0.2, 0) is 9.59 Å². The zero-order valence-corrected chi connectivity index (χ0v) is 14.0. The van der Waals surface area contributed by atoms with Gasteiger partial charge in [0.15, 0.2) is 0 Å². The van der Waals surface area contributed by atoms with Gasteiger partial charge in [-0.25, -0.2) is 4.98 Å². The molecule has 5 nitrogen and oxygen atoms in total. The van der Waals surface area contributed by atoms with Gasteiger partial charge >= 0.3 is 0 Å². The van der Waals surface area contributed by atoms with Crippen LogP contribution < -0.4 is 5.32 Å². The molecule has 1 aromatic heterocycles. The molecule has 1 aromatic rings. The van der Waals surface area contributed by atoms with Crippen LogP contribution in [0.5, 0.6) is 0 Å². The Balaban J connectivity index is 2.30. The first kappa shape index (κ1) is 15.9.